The van der Waals surface area contributed by atoms with E-state index in [1.165, 1.54) is 11.1 Å². The van der Waals surface area contributed by atoms with Gasteiger partial charge in [-0.05, 0) is 91.8 Å². The van der Waals surface area contributed by atoms with Crippen LogP contribution in [0.1, 0.15) is 77.6 Å². The Kier molecular flexibility index (Phi) is 8.77. The van der Waals surface area contributed by atoms with Gasteiger partial charge in [0.15, 0.2) is 0 Å². The first-order valence-electron chi connectivity index (χ1n) is 12.3. The summed E-state index contributed by atoms with van der Waals surface area (Å²) in [4.78, 5) is 0. The van der Waals surface area contributed by atoms with Crippen LogP contribution in [-0.2, 0) is 10.8 Å². The lowest BCUT2D eigenvalue weighted by atomic mass is 9.78. The highest BCUT2D eigenvalue weighted by Gasteiger charge is 2.30. The second kappa shape index (κ2) is 10.8. The minimum absolute atomic E-state index is 0.0514. The van der Waals surface area contributed by atoms with Crippen molar-refractivity contribution in [2.45, 2.75) is 85.9 Å². The molecule has 0 spiro atoms. The molecule has 2 aromatic carbocycles. The lowest BCUT2D eigenvalue weighted by Gasteiger charge is -2.33. The molecule has 184 valence electrons. The van der Waals surface area contributed by atoms with E-state index in [2.05, 4.69) is 109 Å². The van der Waals surface area contributed by atoms with Crippen LogP contribution in [0.4, 0.5) is 5.69 Å². The van der Waals surface area contributed by atoms with Crippen molar-refractivity contribution in [1.29, 1.82) is 0 Å². The lowest BCUT2D eigenvalue weighted by molar-refractivity contribution is 0.301. The monoisotopic (exact) mass is 477 g/mol. The van der Waals surface area contributed by atoms with Crippen LogP contribution in [0.15, 0.2) is 46.7 Å². The number of nitrogens with zero attached hydrogens (tertiary/aromatic N) is 3. The van der Waals surface area contributed by atoms with Crippen LogP contribution < -0.4 is 4.43 Å². The Balaban J connectivity index is 2.48. The lowest BCUT2D eigenvalue weighted by Crippen LogP contribution is -2.32. The van der Waals surface area contributed by atoms with E-state index in [-0.39, 0.29) is 10.8 Å². The van der Waals surface area contributed by atoms with Gasteiger partial charge in [0, 0.05) is 24.2 Å². The molecule has 0 saturated carbocycles. The number of benzene rings is 2. The van der Waals surface area contributed by atoms with Crippen molar-refractivity contribution < 1.29 is 4.43 Å². The predicted molar refractivity (Wildman–Crippen MR) is 148 cm³/mol. The SMILES string of the molecule is CCN(CC)/N=N/c1ccc(C#Cc2cc(C(C)(C)C)c(O[Si](C)(C)C)c(C(C)(C)C)c2)cc1. The standard InChI is InChI=1S/C29H43N3OSi/c1-12-32(13-2)31-30-24-18-16-22(17-19-24)14-15-23-20-25(28(3,4)5)27(33-34(9,10)11)26(21-23)29(6,7)8/h16-21H,12-13H2,1-11H3/b31-30+. The van der Waals surface area contributed by atoms with Gasteiger partial charge < -0.3 is 4.43 Å². The van der Waals surface area contributed by atoms with Crippen LogP contribution in [0, 0.1) is 11.8 Å². The molecule has 34 heavy (non-hydrogen) atoms. The molecule has 5 heteroatoms. The van der Waals surface area contributed by atoms with Crippen LogP contribution >= 0.6 is 0 Å². The molecule has 0 aliphatic rings. The van der Waals surface area contributed by atoms with E-state index in [4.69, 9.17) is 4.43 Å². The molecule has 0 unspecified atom stereocenters. The van der Waals surface area contributed by atoms with E-state index >= 15 is 0 Å². The molecule has 0 atom stereocenters. The van der Waals surface area contributed by atoms with E-state index in [1.54, 1.807) is 0 Å². The molecular weight excluding hydrogens is 434 g/mol. The summed E-state index contributed by atoms with van der Waals surface area (Å²) in [5.74, 6) is 7.79. The minimum Gasteiger partial charge on any atom is -0.544 e. The van der Waals surface area contributed by atoms with Crippen molar-refractivity contribution in [3.05, 3.63) is 58.7 Å². The van der Waals surface area contributed by atoms with Crippen LogP contribution in [0.5, 0.6) is 5.75 Å². The third-order valence-corrected chi connectivity index (χ3v) is 6.16. The molecule has 2 aromatic rings. The third kappa shape index (κ3) is 8.02. The van der Waals surface area contributed by atoms with E-state index < -0.39 is 8.32 Å². The normalized spacial score (nSPS) is 12.4. The van der Waals surface area contributed by atoms with Crippen LogP contribution in [-0.4, -0.2) is 26.4 Å². The molecule has 0 aromatic heterocycles. The average Bonchev–Trinajstić information content (AvgIpc) is 2.71. The second-order valence-corrected chi connectivity index (χ2v) is 16.2. The maximum absolute atomic E-state index is 6.67. The van der Waals surface area contributed by atoms with Gasteiger partial charge in [-0.25, -0.2) is 0 Å². The fraction of sp³-hybridized carbons (Fsp3) is 0.517. The molecule has 0 N–H and O–H groups in total. The summed E-state index contributed by atoms with van der Waals surface area (Å²) < 4.78 is 6.67. The predicted octanol–water partition coefficient (Wildman–Crippen LogP) is 8.24. The highest BCUT2D eigenvalue weighted by atomic mass is 28.4. The summed E-state index contributed by atoms with van der Waals surface area (Å²) in [5.41, 5.74) is 5.14. The number of hydrogen-bond acceptors (Lipinski definition) is 3. The summed E-state index contributed by atoms with van der Waals surface area (Å²) in [5, 5.41) is 10.5. The van der Waals surface area contributed by atoms with Crippen molar-refractivity contribution in [3.63, 3.8) is 0 Å². The van der Waals surface area contributed by atoms with Gasteiger partial charge in [0.2, 0.25) is 8.32 Å². The van der Waals surface area contributed by atoms with Crippen molar-refractivity contribution in [1.82, 2.24) is 5.01 Å². The van der Waals surface area contributed by atoms with Gasteiger partial charge in [0.1, 0.15) is 5.75 Å². The average molecular weight is 478 g/mol. The molecular formula is C29H43N3OSi. The minimum atomic E-state index is -1.79. The largest absolute Gasteiger partial charge is 0.544 e. The van der Waals surface area contributed by atoms with Gasteiger partial charge in [-0.3, -0.25) is 5.01 Å². The summed E-state index contributed by atoms with van der Waals surface area (Å²) in [6, 6.07) is 12.4. The summed E-state index contributed by atoms with van der Waals surface area (Å²) in [7, 11) is -1.79. The molecule has 0 heterocycles. The Morgan fingerprint density at radius 1 is 0.794 bits per heavy atom. The smallest absolute Gasteiger partial charge is 0.242 e. The first kappa shape index (κ1) is 27.7. The Bertz CT molecular complexity index is 1020. The maximum Gasteiger partial charge on any atom is 0.242 e. The maximum atomic E-state index is 6.67. The van der Waals surface area contributed by atoms with Gasteiger partial charge in [-0.15, -0.1) is 5.11 Å². The molecule has 2 rings (SSSR count). The van der Waals surface area contributed by atoms with E-state index in [1.807, 2.05) is 29.3 Å². The topological polar surface area (TPSA) is 37.2 Å². The fourth-order valence-corrected chi connectivity index (χ4v) is 4.28. The van der Waals surface area contributed by atoms with E-state index in [0.29, 0.717) is 0 Å². The first-order valence-corrected chi connectivity index (χ1v) is 15.7. The molecule has 0 aliphatic carbocycles. The van der Waals surface area contributed by atoms with Gasteiger partial charge in [0.25, 0.3) is 0 Å². The molecule has 0 bridgehead atoms. The summed E-state index contributed by atoms with van der Waals surface area (Å²) >= 11 is 0. The molecule has 0 amide bonds. The molecule has 0 fully saturated rings. The van der Waals surface area contributed by atoms with E-state index in [9.17, 15) is 0 Å². The molecule has 0 saturated heterocycles. The third-order valence-electron chi connectivity index (χ3n) is 5.35. The van der Waals surface area contributed by atoms with E-state index in [0.717, 1.165) is 35.7 Å². The van der Waals surface area contributed by atoms with Crippen molar-refractivity contribution >= 4 is 14.0 Å². The highest BCUT2D eigenvalue weighted by Crippen LogP contribution is 2.41. The Morgan fingerprint density at radius 3 is 1.68 bits per heavy atom. The molecule has 0 aliphatic heterocycles. The fourth-order valence-electron chi connectivity index (χ4n) is 3.45. The number of rotatable bonds is 6. The van der Waals surface area contributed by atoms with Crippen LogP contribution in [0.2, 0.25) is 19.6 Å². The van der Waals surface area contributed by atoms with Crippen molar-refractivity contribution in [3.8, 4) is 17.6 Å². The first-order chi connectivity index (χ1) is 15.6. The summed E-state index contributed by atoms with van der Waals surface area (Å²) in [6.45, 7) is 26.0. The van der Waals surface area contributed by atoms with Gasteiger partial charge >= 0.3 is 0 Å². The van der Waals surface area contributed by atoms with Gasteiger partial charge in [0.05, 0.1) is 5.69 Å². The van der Waals surface area contributed by atoms with Crippen LogP contribution in [0.3, 0.4) is 0 Å². The van der Waals surface area contributed by atoms with Gasteiger partial charge in [-0.1, -0.05) is 58.6 Å². The molecule has 4 nitrogen and oxygen atoms in total. The number of hydrogen-bond donors (Lipinski definition) is 0. The van der Waals surface area contributed by atoms with Crippen LogP contribution in [0.25, 0.3) is 0 Å². The van der Waals surface area contributed by atoms with Crippen molar-refractivity contribution in [2.24, 2.45) is 10.3 Å². The molecule has 0 radical (unpaired) electrons. The van der Waals surface area contributed by atoms with Crippen molar-refractivity contribution in [2.75, 3.05) is 13.1 Å². The Hall–Kier alpha value is -2.58. The zero-order valence-corrected chi connectivity index (χ0v) is 24.1. The summed E-state index contributed by atoms with van der Waals surface area (Å²) in [6.07, 6.45) is 0. The van der Waals surface area contributed by atoms with Gasteiger partial charge in [-0.2, -0.15) is 0 Å². The Morgan fingerprint density at radius 2 is 1.26 bits per heavy atom. The second-order valence-electron chi connectivity index (χ2n) is 11.7. The highest BCUT2D eigenvalue weighted by molar-refractivity contribution is 6.70. The zero-order valence-electron chi connectivity index (χ0n) is 23.1. The quantitative estimate of drug-likeness (QED) is 0.182. The Labute approximate surface area is 208 Å². The zero-order chi connectivity index (χ0) is 25.7.